The predicted octanol–water partition coefficient (Wildman–Crippen LogP) is 3.63. The zero-order valence-electron chi connectivity index (χ0n) is 15.0. The number of nitrogens with zero attached hydrogens (tertiary/aromatic N) is 1. The highest BCUT2D eigenvalue weighted by molar-refractivity contribution is 9.10. The third kappa shape index (κ3) is 5.81. The minimum absolute atomic E-state index is 0.0931. The molecule has 0 saturated carbocycles. The quantitative estimate of drug-likeness (QED) is 0.577. The first-order valence-corrected chi connectivity index (χ1v) is 9.02. The second kappa shape index (κ2) is 8.76. The SMILES string of the molecule is CC(C)(C)c1ccc(C=NNC(=O)CNC(=O)c2ccccc2Br)cc1. The summed E-state index contributed by atoms with van der Waals surface area (Å²) in [5, 5.41) is 6.47. The first-order valence-electron chi connectivity index (χ1n) is 8.22. The molecular formula is C20H22BrN3O2. The van der Waals surface area contributed by atoms with Crippen molar-refractivity contribution in [2.45, 2.75) is 26.2 Å². The zero-order valence-corrected chi connectivity index (χ0v) is 16.6. The van der Waals surface area contributed by atoms with Crippen molar-refractivity contribution in [3.8, 4) is 0 Å². The maximum Gasteiger partial charge on any atom is 0.259 e. The number of benzene rings is 2. The highest BCUT2D eigenvalue weighted by Gasteiger charge is 2.12. The highest BCUT2D eigenvalue weighted by atomic mass is 79.9. The molecule has 0 saturated heterocycles. The lowest BCUT2D eigenvalue weighted by Crippen LogP contribution is -2.35. The van der Waals surface area contributed by atoms with Gasteiger partial charge < -0.3 is 5.32 Å². The van der Waals surface area contributed by atoms with Crippen molar-refractivity contribution in [3.05, 3.63) is 69.7 Å². The van der Waals surface area contributed by atoms with E-state index in [4.69, 9.17) is 0 Å². The standard InChI is InChI=1S/C20H22BrN3O2/c1-20(2,3)15-10-8-14(9-11-15)12-23-24-18(25)13-22-19(26)16-6-4-5-7-17(16)21/h4-12H,13H2,1-3H3,(H,22,26)(H,24,25). The Balaban J connectivity index is 1.82. The number of amides is 2. The molecule has 26 heavy (non-hydrogen) atoms. The van der Waals surface area contributed by atoms with Crippen LogP contribution in [0, 0.1) is 0 Å². The summed E-state index contributed by atoms with van der Waals surface area (Å²) in [6.45, 7) is 6.30. The Kier molecular flexibility index (Phi) is 6.69. The summed E-state index contributed by atoms with van der Waals surface area (Å²) >= 11 is 3.30. The highest BCUT2D eigenvalue weighted by Crippen LogP contribution is 2.21. The van der Waals surface area contributed by atoms with Crippen molar-refractivity contribution in [1.82, 2.24) is 10.7 Å². The average Bonchev–Trinajstić information content (AvgIpc) is 2.60. The van der Waals surface area contributed by atoms with Gasteiger partial charge >= 0.3 is 0 Å². The largest absolute Gasteiger partial charge is 0.343 e. The minimum Gasteiger partial charge on any atom is -0.343 e. The molecular weight excluding hydrogens is 394 g/mol. The number of carbonyl (C=O) groups excluding carboxylic acids is 2. The van der Waals surface area contributed by atoms with Crippen LogP contribution < -0.4 is 10.7 Å². The topological polar surface area (TPSA) is 70.6 Å². The van der Waals surface area contributed by atoms with Gasteiger partial charge in [0.05, 0.1) is 18.3 Å². The lowest BCUT2D eigenvalue weighted by Gasteiger charge is -2.18. The fourth-order valence-electron chi connectivity index (χ4n) is 2.19. The van der Waals surface area contributed by atoms with Gasteiger partial charge in [0.1, 0.15) is 0 Å². The minimum atomic E-state index is -0.395. The maximum absolute atomic E-state index is 12.0. The van der Waals surface area contributed by atoms with E-state index in [0.29, 0.717) is 10.0 Å². The molecule has 0 fully saturated rings. The normalized spacial score (nSPS) is 11.4. The summed E-state index contributed by atoms with van der Waals surface area (Å²) in [6, 6.07) is 15.0. The van der Waals surface area contributed by atoms with Crippen molar-refractivity contribution in [3.63, 3.8) is 0 Å². The van der Waals surface area contributed by atoms with E-state index in [1.807, 2.05) is 30.3 Å². The van der Waals surface area contributed by atoms with Gasteiger partial charge in [-0.05, 0) is 44.6 Å². The Morgan fingerprint density at radius 3 is 2.35 bits per heavy atom. The molecule has 136 valence electrons. The van der Waals surface area contributed by atoms with Gasteiger partial charge in [-0.3, -0.25) is 9.59 Å². The number of hydrogen-bond donors (Lipinski definition) is 2. The van der Waals surface area contributed by atoms with Gasteiger partial charge in [0.2, 0.25) is 0 Å². The van der Waals surface area contributed by atoms with Crippen LogP contribution in [0.5, 0.6) is 0 Å². The molecule has 2 N–H and O–H groups in total. The smallest absolute Gasteiger partial charge is 0.259 e. The van der Waals surface area contributed by atoms with E-state index < -0.39 is 5.91 Å². The van der Waals surface area contributed by atoms with Crippen molar-refractivity contribution in [2.24, 2.45) is 5.10 Å². The number of carbonyl (C=O) groups is 2. The van der Waals surface area contributed by atoms with E-state index >= 15 is 0 Å². The molecule has 6 heteroatoms. The van der Waals surface area contributed by atoms with E-state index in [2.05, 4.69) is 52.5 Å². The molecule has 2 aromatic carbocycles. The number of nitrogens with one attached hydrogen (secondary N) is 2. The lowest BCUT2D eigenvalue weighted by molar-refractivity contribution is -0.120. The number of halogens is 1. The van der Waals surface area contributed by atoms with Crippen LogP contribution in [0.15, 0.2) is 58.1 Å². The van der Waals surface area contributed by atoms with Crippen LogP contribution in [0.2, 0.25) is 0 Å². The Labute approximate surface area is 162 Å². The van der Waals surface area contributed by atoms with Gasteiger partial charge in [-0.1, -0.05) is 57.2 Å². The second-order valence-corrected chi connectivity index (χ2v) is 7.68. The first-order chi connectivity index (χ1) is 12.3. The molecule has 2 amide bonds. The summed E-state index contributed by atoms with van der Waals surface area (Å²) in [4.78, 5) is 23.8. The van der Waals surface area contributed by atoms with Crippen LogP contribution in [-0.4, -0.2) is 24.6 Å². The van der Waals surface area contributed by atoms with Gasteiger partial charge in [-0.2, -0.15) is 5.10 Å². The Bertz CT molecular complexity index is 809. The van der Waals surface area contributed by atoms with Crippen LogP contribution in [0.4, 0.5) is 0 Å². The Morgan fingerprint density at radius 1 is 1.08 bits per heavy atom. The Hall–Kier alpha value is -2.47. The fourth-order valence-corrected chi connectivity index (χ4v) is 2.65. The summed E-state index contributed by atoms with van der Waals surface area (Å²) in [7, 11) is 0. The van der Waals surface area contributed by atoms with Crippen LogP contribution in [-0.2, 0) is 10.2 Å². The van der Waals surface area contributed by atoms with Gasteiger partial charge in [-0.15, -0.1) is 0 Å². The average molecular weight is 416 g/mol. The fraction of sp³-hybridized carbons (Fsp3) is 0.250. The molecule has 0 heterocycles. The van der Waals surface area contributed by atoms with E-state index in [1.165, 1.54) is 5.56 Å². The number of hydrogen-bond acceptors (Lipinski definition) is 3. The molecule has 5 nitrogen and oxygen atoms in total. The molecule has 0 spiro atoms. The molecule has 0 atom stereocenters. The van der Waals surface area contributed by atoms with E-state index in [9.17, 15) is 9.59 Å². The van der Waals surface area contributed by atoms with E-state index in [-0.39, 0.29) is 17.9 Å². The summed E-state index contributed by atoms with van der Waals surface area (Å²) in [5.74, 6) is -0.720. The van der Waals surface area contributed by atoms with Crippen molar-refractivity contribution in [2.75, 3.05) is 6.54 Å². The molecule has 2 aromatic rings. The van der Waals surface area contributed by atoms with Crippen LogP contribution in [0.25, 0.3) is 0 Å². The summed E-state index contributed by atoms with van der Waals surface area (Å²) in [5.41, 5.74) is 5.08. The summed E-state index contributed by atoms with van der Waals surface area (Å²) < 4.78 is 0.676. The van der Waals surface area contributed by atoms with Gasteiger partial charge in [0, 0.05) is 4.47 Å². The van der Waals surface area contributed by atoms with E-state index in [1.54, 1.807) is 24.4 Å². The molecule has 0 bridgehead atoms. The predicted molar refractivity (Wildman–Crippen MR) is 107 cm³/mol. The molecule has 2 rings (SSSR count). The van der Waals surface area contributed by atoms with E-state index in [0.717, 1.165) is 5.56 Å². The van der Waals surface area contributed by atoms with Gasteiger partial charge in [0.25, 0.3) is 11.8 Å². The second-order valence-electron chi connectivity index (χ2n) is 6.83. The van der Waals surface area contributed by atoms with Gasteiger partial charge in [0.15, 0.2) is 0 Å². The molecule has 0 aliphatic heterocycles. The summed E-state index contributed by atoms with van der Waals surface area (Å²) in [6.07, 6.45) is 1.57. The van der Waals surface area contributed by atoms with Crippen LogP contribution in [0.3, 0.4) is 0 Å². The Morgan fingerprint density at radius 2 is 1.73 bits per heavy atom. The maximum atomic E-state index is 12.0. The molecule has 0 aliphatic rings. The first kappa shape index (κ1) is 19.8. The van der Waals surface area contributed by atoms with Crippen molar-refractivity contribution in [1.29, 1.82) is 0 Å². The van der Waals surface area contributed by atoms with Crippen molar-refractivity contribution >= 4 is 34.0 Å². The number of rotatable bonds is 5. The molecule has 0 aliphatic carbocycles. The molecule has 0 aromatic heterocycles. The zero-order chi connectivity index (χ0) is 19.2. The molecule has 0 unspecified atom stereocenters. The molecule has 0 radical (unpaired) electrons. The third-order valence-corrected chi connectivity index (χ3v) is 4.40. The number of hydrazone groups is 1. The van der Waals surface area contributed by atoms with Crippen LogP contribution in [0.1, 0.15) is 42.3 Å². The third-order valence-electron chi connectivity index (χ3n) is 3.71. The monoisotopic (exact) mass is 415 g/mol. The van der Waals surface area contributed by atoms with Crippen molar-refractivity contribution < 1.29 is 9.59 Å². The van der Waals surface area contributed by atoms with Gasteiger partial charge in [-0.25, -0.2) is 5.43 Å². The van der Waals surface area contributed by atoms with Crippen LogP contribution >= 0.6 is 15.9 Å². The lowest BCUT2D eigenvalue weighted by atomic mass is 9.87.